The number of anilines is 3. The number of nitrogens with zero attached hydrogens (tertiary/aromatic N) is 1. The summed E-state index contributed by atoms with van der Waals surface area (Å²) in [5.41, 5.74) is 9.45. The molecular formula is C17H21N3O. The number of nitrogens with two attached hydrogens (primary N) is 1. The minimum atomic E-state index is -0.00690. The number of rotatable bonds is 5. The molecule has 0 saturated carbocycles. The molecule has 2 aromatic rings. The van der Waals surface area contributed by atoms with Crippen molar-refractivity contribution < 1.29 is 4.79 Å². The zero-order valence-corrected chi connectivity index (χ0v) is 12.5. The summed E-state index contributed by atoms with van der Waals surface area (Å²) in [6.07, 6.45) is 1.05. The first-order chi connectivity index (χ1) is 10.1. The van der Waals surface area contributed by atoms with Gasteiger partial charge in [-0.2, -0.15) is 0 Å². The molecule has 0 radical (unpaired) electrons. The largest absolute Gasteiger partial charge is 0.399 e. The first kappa shape index (κ1) is 14.9. The Hall–Kier alpha value is -2.49. The van der Waals surface area contributed by atoms with Gasteiger partial charge in [-0.15, -0.1) is 0 Å². The van der Waals surface area contributed by atoms with Crippen LogP contribution in [0.4, 0.5) is 17.1 Å². The second-order valence-electron chi connectivity index (χ2n) is 5.16. The highest BCUT2D eigenvalue weighted by Crippen LogP contribution is 2.23. The van der Waals surface area contributed by atoms with Crippen LogP contribution in [0.25, 0.3) is 0 Å². The Morgan fingerprint density at radius 2 is 1.76 bits per heavy atom. The maximum atomic E-state index is 12.1. The van der Waals surface area contributed by atoms with Crippen LogP contribution < -0.4 is 16.0 Å². The van der Waals surface area contributed by atoms with Crippen molar-refractivity contribution in [3.05, 3.63) is 54.1 Å². The molecule has 0 atom stereocenters. The maximum absolute atomic E-state index is 12.1. The lowest BCUT2D eigenvalue weighted by molar-refractivity contribution is -0.116. The van der Waals surface area contributed by atoms with Gasteiger partial charge in [0.05, 0.1) is 11.4 Å². The zero-order chi connectivity index (χ0) is 15.2. The van der Waals surface area contributed by atoms with Crippen molar-refractivity contribution in [2.24, 2.45) is 0 Å². The number of benzene rings is 2. The molecule has 0 fully saturated rings. The molecule has 4 nitrogen and oxygen atoms in total. The molecule has 1 amide bonds. The summed E-state index contributed by atoms with van der Waals surface area (Å²) in [6.45, 7) is 0. The molecule has 4 heteroatoms. The van der Waals surface area contributed by atoms with E-state index in [1.807, 2.05) is 67.5 Å². The molecule has 0 aliphatic rings. The number of hydrogen-bond acceptors (Lipinski definition) is 3. The van der Waals surface area contributed by atoms with Crippen molar-refractivity contribution in [1.29, 1.82) is 0 Å². The summed E-state index contributed by atoms with van der Waals surface area (Å²) in [4.78, 5) is 14.1. The minimum Gasteiger partial charge on any atom is -0.399 e. The number of aryl methyl sites for hydroxylation is 1. The Morgan fingerprint density at radius 1 is 1.10 bits per heavy atom. The first-order valence-corrected chi connectivity index (χ1v) is 6.97. The van der Waals surface area contributed by atoms with E-state index in [0.29, 0.717) is 12.8 Å². The summed E-state index contributed by atoms with van der Waals surface area (Å²) < 4.78 is 0. The summed E-state index contributed by atoms with van der Waals surface area (Å²) in [5, 5.41) is 2.96. The van der Waals surface area contributed by atoms with Crippen molar-refractivity contribution in [1.82, 2.24) is 0 Å². The van der Waals surface area contributed by atoms with Crippen LogP contribution >= 0.6 is 0 Å². The highest BCUT2D eigenvalue weighted by Gasteiger charge is 2.08. The second kappa shape index (κ2) is 6.79. The van der Waals surface area contributed by atoms with Crippen molar-refractivity contribution >= 4 is 23.0 Å². The fraction of sp³-hybridized carbons (Fsp3) is 0.235. The second-order valence-corrected chi connectivity index (χ2v) is 5.16. The molecule has 0 heterocycles. The molecule has 21 heavy (non-hydrogen) atoms. The number of para-hydroxylation sites is 3. The molecule has 0 aromatic heterocycles. The van der Waals surface area contributed by atoms with E-state index in [9.17, 15) is 4.79 Å². The van der Waals surface area contributed by atoms with Crippen LogP contribution in [-0.2, 0) is 11.2 Å². The van der Waals surface area contributed by atoms with Crippen LogP contribution in [0, 0.1) is 0 Å². The molecule has 2 aromatic carbocycles. The number of carbonyl (C=O) groups is 1. The summed E-state index contributed by atoms with van der Waals surface area (Å²) in [5.74, 6) is -0.00690. The third-order valence-electron chi connectivity index (χ3n) is 3.34. The Morgan fingerprint density at radius 3 is 2.48 bits per heavy atom. The van der Waals surface area contributed by atoms with Gasteiger partial charge < -0.3 is 16.0 Å². The van der Waals surface area contributed by atoms with Crippen LogP contribution in [0.1, 0.15) is 12.0 Å². The molecule has 2 rings (SSSR count). The molecule has 0 unspecified atom stereocenters. The van der Waals surface area contributed by atoms with Crippen molar-refractivity contribution in [3.63, 3.8) is 0 Å². The normalized spacial score (nSPS) is 10.2. The Balaban J connectivity index is 1.98. The van der Waals surface area contributed by atoms with Crippen molar-refractivity contribution in [2.45, 2.75) is 12.8 Å². The van der Waals surface area contributed by atoms with E-state index in [-0.39, 0.29) is 5.91 Å². The summed E-state index contributed by atoms with van der Waals surface area (Å²) in [7, 11) is 3.91. The number of nitrogen functional groups attached to an aromatic ring is 1. The highest BCUT2D eigenvalue weighted by atomic mass is 16.1. The lowest BCUT2D eigenvalue weighted by atomic mass is 10.1. The van der Waals surface area contributed by atoms with Crippen molar-refractivity contribution in [2.75, 3.05) is 30.0 Å². The third-order valence-corrected chi connectivity index (χ3v) is 3.34. The van der Waals surface area contributed by atoms with Crippen LogP contribution in [0.3, 0.4) is 0 Å². The first-order valence-electron chi connectivity index (χ1n) is 6.97. The zero-order valence-electron chi connectivity index (χ0n) is 12.5. The van der Waals surface area contributed by atoms with Gasteiger partial charge in [0.25, 0.3) is 0 Å². The van der Waals surface area contributed by atoms with E-state index < -0.39 is 0 Å². The predicted octanol–water partition coefficient (Wildman–Crippen LogP) is 2.91. The van der Waals surface area contributed by atoms with Gasteiger partial charge in [0.15, 0.2) is 0 Å². The number of amides is 1. The van der Waals surface area contributed by atoms with Gasteiger partial charge in [-0.05, 0) is 30.2 Å². The average molecular weight is 283 g/mol. The van der Waals surface area contributed by atoms with Gasteiger partial charge >= 0.3 is 0 Å². The Bertz CT molecular complexity index is 623. The van der Waals surface area contributed by atoms with E-state index in [1.165, 1.54) is 0 Å². The smallest absolute Gasteiger partial charge is 0.224 e. The van der Waals surface area contributed by atoms with E-state index in [4.69, 9.17) is 5.73 Å². The number of hydrogen-bond donors (Lipinski definition) is 2. The van der Waals surface area contributed by atoms with Crippen LogP contribution in [0.15, 0.2) is 48.5 Å². The molecule has 0 bridgehead atoms. The molecule has 0 aliphatic carbocycles. The topological polar surface area (TPSA) is 58.4 Å². The molecule has 0 spiro atoms. The monoisotopic (exact) mass is 283 g/mol. The number of nitrogens with one attached hydrogen (secondary N) is 1. The third kappa shape index (κ3) is 3.99. The van der Waals surface area contributed by atoms with Gasteiger partial charge in [-0.1, -0.05) is 30.3 Å². The molecule has 110 valence electrons. The highest BCUT2D eigenvalue weighted by molar-refractivity contribution is 5.94. The summed E-state index contributed by atoms with van der Waals surface area (Å²) >= 11 is 0. The lowest BCUT2D eigenvalue weighted by Crippen LogP contribution is -2.17. The lowest BCUT2D eigenvalue weighted by Gasteiger charge is -2.17. The van der Waals surface area contributed by atoms with Crippen LogP contribution in [0.2, 0.25) is 0 Å². The van der Waals surface area contributed by atoms with E-state index in [0.717, 1.165) is 22.6 Å². The van der Waals surface area contributed by atoms with Crippen LogP contribution in [0.5, 0.6) is 0 Å². The average Bonchev–Trinajstić information content (AvgIpc) is 2.47. The Labute approximate surface area is 125 Å². The van der Waals surface area contributed by atoms with Gasteiger partial charge in [-0.25, -0.2) is 0 Å². The molecular weight excluding hydrogens is 262 g/mol. The minimum absolute atomic E-state index is 0.00690. The summed E-state index contributed by atoms with van der Waals surface area (Å²) in [6, 6.07) is 15.4. The quantitative estimate of drug-likeness (QED) is 0.830. The standard InChI is InChI=1S/C17H21N3O/c1-20(2)16-10-6-5-9-15(16)19-17(21)12-11-13-7-3-4-8-14(13)18/h3-10H,11-12,18H2,1-2H3,(H,19,21). The van der Waals surface area contributed by atoms with Gasteiger partial charge in [-0.3, -0.25) is 4.79 Å². The SMILES string of the molecule is CN(C)c1ccccc1NC(=O)CCc1ccccc1N. The van der Waals surface area contributed by atoms with E-state index >= 15 is 0 Å². The van der Waals surface area contributed by atoms with Gasteiger partial charge in [0.2, 0.25) is 5.91 Å². The van der Waals surface area contributed by atoms with Crippen LogP contribution in [-0.4, -0.2) is 20.0 Å². The fourth-order valence-corrected chi connectivity index (χ4v) is 2.19. The van der Waals surface area contributed by atoms with Gasteiger partial charge in [0, 0.05) is 26.2 Å². The van der Waals surface area contributed by atoms with Crippen molar-refractivity contribution in [3.8, 4) is 0 Å². The van der Waals surface area contributed by atoms with E-state index in [2.05, 4.69) is 5.32 Å². The predicted molar refractivity (Wildman–Crippen MR) is 88.6 cm³/mol. The Kier molecular flexibility index (Phi) is 4.82. The fourth-order valence-electron chi connectivity index (χ4n) is 2.19. The molecule has 3 N–H and O–H groups in total. The maximum Gasteiger partial charge on any atom is 0.224 e. The molecule has 0 saturated heterocycles. The molecule has 0 aliphatic heterocycles. The number of carbonyl (C=O) groups excluding carboxylic acids is 1. The van der Waals surface area contributed by atoms with Gasteiger partial charge in [0.1, 0.15) is 0 Å². The van der Waals surface area contributed by atoms with E-state index in [1.54, 1.807) is 0 Å².